The van der Waals surface area contributed by atoms with Gasteiger partial charge in [-0.1, -0.05) is 30.0 Å². The summed E-state index contributed by atoms with van der Waals surface area (Å²) in [5.41, 5.74) is 2.88. The number of hydrogen-bond acceptors (Lipinski definition) is 5. The molecule has 2 aromatic carbocycles. The Labute approximate surface area is 175 Å². The van der Waals surface area contributed by atoms with Crippen molar-refractivity contribution < 1.29 is 4.79 Å². The summed E-state index contributed by atoms with van der Waals surface area (Å²) in [7, 11) is 3.98. The topological polar surface area (TPSA) is 63.1 Å². The lowest BCUT2D eigenvalue weighted by atomic mass is 10.2. The number of amides is 1. The Balaban J connectivity index is 1.45. The number of hydrogen-bond donors (Lipinski definition) is 1. The predicted octanol–water partition coefficient (Wildman–Crippen LogP) is 4.33. The third-order valence-electron chi connectivity index (χ3n) is 4.86. The second-order valence-corrected chi connectivity index (χ2v) is 8.77. The van der Waals surface area contributed by atoms with Crippen LogP contribution >= 0.6 is 11.8 Å². The van der Waals surface area contributed by atoms with Crippen LogP contribution in [0, 0.1) is 0 Å². The summed E-state index contributed by atoms with van der Waals surface area (Å²) in [5.74, 6) is 1.40. The SMILES string of the molecule is C[C@@H](Sc1nc(C2CC2)n(-c2ccccc2)n1)C(=O)Nc1ccc(N(C)C)cc1. The molecule has 0 unspecified atom stereocenters. The molecular formula is C22H25N5OS. The van der Waals surface area contributed by atoms with E-state index in [1.54, 1.807) is 0 Å². The number of benzene rings is 2. The number of nitrogens with one attached hydrogen (secondary N) is 1. The molecular weight excluding hydrogens is 382 g/mol. The van der Waals surface area contributed by atoms with Crippen molar-refractivity contribution in [3.63, 3.8) is 0 Å². The van der Waals surface area contributed by atoms with Gasteiger partial charge in [0.25, 0.3) is 0 Å². The van der Waals surface area contributed by atoms with Crippen LogP contribution in [0.25, 0.3) is 5.69 Å². The Morgan fingerprint density at radius 1 is 1.14 bits per heavy atom. The van der Waals surface area contributed by atoms with Crippen molar-refractivity contribution in [2.24, 2.45) is 0 Å². The summed E-state index contributed by atoms with van der Waals surface area (Å²) >= 11 is 1.39. The summed E-state index contributed by atoms with van der Waals surface area (Å²) in [6, 6.07) is 17.8. The fourth-order valence-corrected chi connectivity index (χ4v) is 3.78. The molecule has 1 aliphatic carbocycles. The summed E-state index contributed by atoms with van der Waals surface area (Å²) in [5, 5.41) is 8.00. The zero-order valence-corrected chi connectivity index (χ0v) is 17.7. The van der Waals surface area contributed by atoms with Crippen molar-refractivity contribution in [3.05, 3.63) is 60.4 Å². The molecule has 1 saturated carbocycles. The van der Waals surface area contributed by atoms with Gasteiger partial charge in [-0.2, -0.15) is 0 Å². The molecule has 0 spiro atoms. The minimum atomic E-state index is -0.304. The quantitative estimate of drug-likeness (QED) is 0.591. The predicted molar refractivity (Wildman–Crippen MR) is 118 cm³/mol. The van der Waals surface area contributed by atoms with Crippen molar-refractivity contribution >= 4 is 29.0 Å². The van der Waals surface area contributed by atoms with Crippen molar-refractivity contribution in [3.8, 4) is 5.69 Å². The molecule has 1 atom stereocenters. The van der Waals surface area contributed by atoms with Crippen LogP contribution in [0.3, 0.4) is 0 Å². The lowest BCUT2D eigenvalue weighted by molar-refractivity contribution is -0.115. The van der Waals surface area contributed by atoms with Gasteiger partial charge < -0.3 is 10.2 Å². The molecule has 1 N–H and O–H groups in total. The third-order valence-corrected chi connectivity index (χ3v) is 5.81. The molecule has 3 aromatic rings. The van der Waals surface area contributed by atoms with Gasteiger partial charge in [-0.05, 0) is 56.2 Å². The molecule has 0 radical (unpaired) electrons. The van der Waals surface area contributed by atoms with Crippen molar-refractivity contribution in [1.29, 1.82) is 0 Å². The molecule has 0 saturated heterocycles. The molecule has 1 aromatic heterocycles. The summed E-state index contributed by atoms with van der Waals surface area (Å²) in [6.45, 7) is 1.88. The molecule has 150 valence electrons. The molecule has 0 bridgehead atoms. The third kappa shape index (κ3) is 4.62. The maximum Gasteiger partial charge on any atom is 0.237 e. The first-order valence-electron chi connectivity index (χ1n) is 9.78. The average Bonchev–Trinajstić information content (AvgIpc) is 3.49. The molecule has 29 heavy (non-hydrogen) atoms. The highest BCUT2D eigenvalue weighted by atomic mass is 32.2. The van der Waals surface area contributed by atoms with E-state index in [4.69, 9.17) is 4.98 Å². The fraction of sp³-hybridized carbons (Fsp3) is 0.318. The van der Waals surface area contributed by atoms with E-state index in [1.807, 2.05) is 85.2 Å². The first-order chi connectivity index (χ1) is 14.0. The normalized spacial score (nSPS) is 14.4. The maximum absolute atomic E-state index is 12.6. The van der Waals surface area contributed by atoms with Crippen LogP contribution in [0.4, 0.5) is 11.4 Å². The van der Waals surface area contributed by atoms with Crippen molar-refractivity contribution in [1.82, 2.24) is 14.8 Å². The highest BCUT2D eigenvalue weighted by molar-refractivity contribution is 8.00. The number of thioether (sulfide) groups is 1. The Morgan fingerprint density at radius 3 is 2.45 bits per heavy atom. The lowest BCUT2D eigenvalue weighted by Gasteiger charge is -2.14. The van der Waals surface area contributed by atoms with E-state index in [0.29, 0.717) is 11.1 Å². The van der Waals surface area contributed by atoms with Gasteiger partial charge in [-0.3, -0.25) is 4.79 Å². The van der Waals surface area contributed by atoms with E-state index in [1.165, 1.54) is 11.8 Å². The number of carbonyl (C=O) groups excluding carboxylic acids is 1. The molecule has 0 aliphatic heterocycles. The number of rotatable bonds is 7. The average molecular weight is 408 g/mol. The summed E-state index contributed by atoms with van der Waals surface area (Å²) in [6.07, 6.45) is 2.29. The van der Waals surface area contributed by atoms with E-state index >= 15 is 0 Å². The monoisotopic (exact) mass is 407 g/mol. The zero-order chi connectivity index (χ0) is 20.4. The smallest absolute Gasteiger partial charge is 0.237 e. The Kier molecular flexibility index (Phi) is 5.58. The Morgan fingerprint density at radius 2 is 1.83 bits per heavy atom. The minimum Gasteiger partial charge on any atom is -0.378 e. The van der Waals surface area contributed by atoms with Gasteiger partial charge >= 0.3 is 0 Å². The highest BCUT2D eigenvalue weighted by Crippen LogP contribution is 2.40. The molecule has 7 heteroatoms. The van der Waals surface area contributed by atoms with Gasteiger partial charge in [0.15, 0.2) is 0 Å². The molecule has 1 amide bonds. The first kappa shape index (κ1) is 19.5. The largest absolute Gasteiger partial charge is 0.378 e. The van der Waals surface area contributed by atoms with Crippen LogP contribution in [0.1, 0.15) is 31.5 Å². The number of nitrogens with zero attached hydrogens (tertiary/aromatic N) is 4. The van der Waals surface area contributed by atoms with Gasteiger partial charge in [0.1, 0.15) is 5.82 Å². The summed E-state index contributed by atoms with van der Waals surface area (Å²) in [4.78, 5) is 19.4. The van der Waals surface area contributed by atoms with Gasteiger partial charge in [0.05, 0.1) is 10.9 Å². The number of aromatic nitrogens is 3. The molecule has 1 heterocycles. The minimum absolute atomic E-state index is 0.0587. The molecule has 1 aliphatic rings. The summed E-state index contributed by atoms with van der Waals surface area (Å²) < 4.78 is 1.92. The van der Waals surface area contributed by atoms with Gasteiger partial charge in [0, 0.05) is 31.4 Å². The van der Waals surface area contributed by atoms with Gasteiger partial charge in [0.2, 0.25) is 11.1 Å². The lowest BCUT2D eigenvalue weighted by Crippen LogP contribution is -2.22. The van der Waals surface area contributed by atoms with Crippen LogP contribution in [-0.4, -0.2) is 40.0 Å². The Hall–Kier alpha value is -2.80. The highest BCUT2D eigenvalue weighted by Gasteiger charge is 2.31. The van der Waals surface area contributed by atoms with Crippen LogP contribution in [0.5, 0.6) is 0 Å². The molecule has 1 fully saturated rings. The fourth-order valence-electron chi connectivity index (χ4n) is 3.02. The maximum atomic E-state index is 12.6. The van der Waals surface area contributed by atoms with E-state index in [9.17, 15) is 4.79 Å². The number of carbonyl (C=O) groups is 1. The van der Waals surface area contributed by atoms with Crippen molar-refractivity contribution in [2.75, 3.05) is 24.3 Å². The van der Waals surface area contributed by atoms with Crippen molar-refractivity contribution in [2.45, 2.75) is 36.1 Å². The van der Waals surface area contributed by atoms with E-state index in [2.05, 4.69) is 10.4 Å². The standard InChI is InChI=1S/C22H25N5OS/c1-15(21(28)23-17-11-13-18(14-12-17)26(2)3)29-22-24-20(16-9-10-16)27(25-22)19-7-5-4-6-8-19/h4-8,11-16H,9-10H2,1-3H3,(H,23,28)/t15-/m1/s1. The molecule has 6 nitrogen and oxygen atoms in total. The second-order valence-electron chi connectivity index (χ2n) is 7.46. The van der Waals surface area contributed by atoms with E-state index in [-0.39, 0.29) is 11.2 Å². The van der Waals surface area contributed by atoms with E-state index in [0.717, 1.165) is 35.7 Å². The van der Waals surface area contributed by atoms with E-state index < -0.39 is 0 Å². The number of para-hydroxylation sites is 1. The first-order valence-corrected chi connectivity index (χ1v) is 10.7. The van der Waals surface area contributed by atoms with Crippen LogP contribution in [0.15, 0.2) is 59.8 Å². The number of anilines is 2. The second kappa shape index (κ2) is 8.29. The molecule has 4 rings (SSSR count). The van der Waals surface area contributed by atoms with Gasteiger partial charge in [-0.15, -0.1) is 5.10 Å². The van der Waals surface area contributed by atoms with Crippen LogP contribution in [0.2, 0.25) is 0 Å². The Bertz CT molecular complexity index is 980. The van der Waals surface area contributed by atoms with Gasteiger partial charge in [-0.25, -0.2) is 9.67 Å². The van der Waals surface area contributed by atoms with Crippen LogP contribution in [-0.2, 0) is 4.79 Å². The zero-order valence-electron chi connectivity index (χ0n) is 16.9. The van der Waals surface area contributed by atoms with Crippen LogP contribution < -0.4 is 10.2 Å².